The molecule has 0 unspecified atom stereocenters. The van der Waals surface area contributed by atoms with E-state index in [1.165, 1.54) is 14.0 Å². The van der Waals surface area contributed by atoms with Gasteiger partial charge in [0.2, 0.25) is 12.6 Å². The van der Waals surface area contributed by atoms with E-state index in [1.54, 1.807) is 31.2 Å². The summed E-state index contributed by atoms with van der Waals surface area (Å²) in [5, 5.41) is 93.3. The van der Waals surface area contributed by atoms with Crippen molar-refractivity contribution in [2.75, 3.05) is 20.3 Å². The molecule has 250 valence electrons. The van der Waals surface area contributed by atoms with Crippen LogP contribution in [0.25, 0.3) is 0 Å². The van der Waals surface area contributed by atoms with Gasteiger partial charge in [-0.2, -0.15) is 0 Å². The summed E-state index contributed by atoms with van der Waals surface area (Å²) in [5.41, 5.74) is 1.41. The predicted octanol–water partition coefficient (Wildman–Crippen LogP) is -1.77. The Morgan fingerprint density at radius 3 is 1.69 bits per heavy atom. The van der Waals surface area contributed by atoms with Crippen LogP contribution in [0.15, 0.2) is 24.3 Å². The number of benzene rings is 2. The Balaban J connectivity index is 1.58. The SMILES string of the molecule is COc1ccc([C@H]2C[C@H](O)c3c(O[C@@H]4O[C@H](CO)[C@@H](O)[C@H](O)[C@H]4O)c(C)c(O[C@@H]4O[C@H](CO)[C@@H](O)[C@H](O)[C@H]4O)c(C)c3O2)cc1. The summed E-state index contributed by atoms with van der Waals surface area (Å²) < 4.78 is 34.8. The van der Waals surface area contributed by atoms with E-state index in [2.05, 4.69) is 0 Å². The first-order valence-corrected chi connectivity index (χ1v) is 14.5. The summed E-state index contributed by atoms with van der Waals surface area (Å²) >= 11 is 0. The molecule has 3 aliphatic heterocycles. The summed E-state index contributed by atoms with van der Waals surface area (Å²) in [7, 11) is 1.53. The van der Waals surface area contributed by atoms with Gasteiger partial charge in [0.05, 0.1) is 32.0 Å². The van der Waals surface area contributed by atoms with Crippen molar-refractivity contribution in [3.8, 4) is 23.0 Å². The highest BCUT2D eigenvalue weighted by Crippen LogP contribution is 2.53. The van der Waals surface area contributed by atoms with E-state index in [4.69, 9.17) is 28.4 Å². The average molecular weight is 641 g/mol. The quantitative estimate of drug-likeness (QED) is 0.155. The molecule has 0 amide bonds. The third-order valence-electron chi connectivity index (χ3n) is 8.53. The Labute approximate surface area is 258 Å². The number of fused-ring (bicyclic) bond motifs is 1. The van der Waals surface area contributed by atoms with Crippen LogP contribution < -0.4 is 18.9 Å². The van der Waals surface area contributed by atoms with Gasteiger partial charge in [0.15, 0.2) is 0 Å². The fourth-order valence-electron chi connectivity index (χ4n) is 5.87. The smallest absolute Gasteiger partial charge is 0.229 e. The van der Waals surface area contributed by atoms with E-state index in [-0.39, 0.29) is 34.8 Å². The number of hydrogen-bond acceptors (Lipinski definition) is 15. The lowest BCUT2D eigenvalue weighted by atomic mass is 9.90. The Morgan fingerprint density at radius 1 is 0.689 bits per heavy atom. The molecule has 2 aromatic rings. The Bertz CT molecular complexity index is 1320. The highest BCUT2D eigenvalue weighted by molar-refractivity contribution is 5.63. The zero-order chi connectivity index (χ0) is 32.7. The number of ether oxygens (including phenoxy) is 6. The van der Waals surface area contributed by atoms with Gasteiger partial charge in [-0.1, -0.05) is 12.1 Å². The van der Waals surface area contributed by atoms with E-state index in [0.717, 1.165) is 0 Å². The third-order valence-corrected chi connectivity index (χ3v) is 8.53. The van der Waals surface area contributed by atoms with Gasteiger partial charge in [0.1, 0.15) is 77.9 Å². The monoisotopic (exact) mass is 640 g/mol. The van der Waals surface area contributed by atoms with Crippen LogP contribution in [0.4, 0.5) is 0 Å². The molecule has 0 aromatic heterocycles. The molecule has 2 aromatic carbocycles. The maximum atomic E-state index is 11.5. The minimum Gasteiger partial charge on any atom is -0.497 e. The van der Waals surface area contributed by atoms with Crippen LogP contribution >= 0.6 is 0 Å². The first-order chi connectivity index (χ1) is 21.4. The van der Waals surface area contributed by atoms with Crippen molar-refractivity contribution in [1.82, 2.24) is 0 Å². The normalized spacial score (nSPS) is 36.5. The predicted molar refractivity (Wildman–Crippen MR) is 151 cm³/mol. The van der Waals surface area contributed by atoms with Crippen LogP contribution in [-0.2, 0) is 9.47 Å². The Hall–Kier alpha value is -2.80. The fourth-order valence-corrected chi connectivity index (χ4v) is 5.87. The minimum atomic E-state index is -1.78. The molecular weight excluding hydrogens is 600 g/mol. The molecule has 45 heavy (non-hydrogen) atoms. The molecular formula is C30H40O15. The Morgan fingerprint density at radius 2 is 1.20 bits per heavy atom. The number of hydrogen-bond donors (Lipinski definition) is 9. The van der Waals surface area contributed by atoms with E-state index in [0.29, 0.717) is 16.9 Å². The molecule has 0 bridgehead atoms. The van der Waals surface area contributed by atoms with Gasteiger partial charge in [-0.15, -0.1) is 0 Å². The average Bonchev–Trinajstić information content (AvgIpc) is 3.04. The van der Waals surface area contributed by atoms with Crippen molar-refractivity contribution in [3.05, 3.63) is 46.5 Å². The first kappa shape index (κ1) is 33.6. The maximum Gasteiger partial charge on any atom is 0.229 e. The molecule has 15 nitrogen and oxygen atoms in total. The van der Waals surface area contributed by atoms with E-state index >= 15 is 0 Å². The van der Waals surface area contributed by atoms with Crippen molar-refractivity contribution in [2.24, 2.45) is 0 Å². The zero-order valence-corrected chi connectivity index (χ0v) is 24.8. The largest absolute Gasteiger partial charge is 0.497 e. The second-order valence-electron chi connectivity index (χ2n) is 11.4. The molecule has 3 aliphatic rings. The summed E-state index contributed by atoms with van der Waals surface area (Å²) in [5.74, 6) is 0.674. The van der Waals surface area contributed by atoms with Crippen LogP contribution in [-0.4, -0.2) is 128 Å². The minimum absolute atomic E-state index is 0.0141. The molecule has 3 heterocycles. The molecule has 2 fully saturated rings. The standard InChI is InChI=1S/C30H40O15/c1-11-26(44-29-24(38)22(36)20(34)17(9-31)42-29)12(2)28(45-30-25(39)23(37)21(35)18(10-32)43-30)19-15(33)8-16(41-27(11)19)13-4-6-14(40-3)7-5-13/h4-7,15-18,20-25,29-39H,8-10H2,1-3H3/t15-,16+,17+,18+,20+,21+,22-,23-,24+,25+,29-,30-/m0/s1. The number of aliphatic hydroxyl groups excluding tert-OH is 9. The van der Waals surface area contributed by atoms with Gasteiger partial charge in [0.25, 0.3) is 0 Å². The van der Waals surface area contributed by atoms with Crippen molar-refractivity contribution >= 4 is 0 Å². The molecule has 0 saturated carbocycles. The molecule has 12 atom stereocenters. The maximum absolute atomic E-state index is 11.5. The van der Waals surface area contributed by atoms with Crippen LogP contribution in [0, 0.1) is 13.8 Å². The Kier molecular flexibility index (Phi) is 10.1. The lowest BCUT2D eigenvalue weighted by Gasteiger charge is -2.42. The summed E-state index contributed by atoms with van der Waals surface area (Å²) in [6.07, 6.45) is -17.8. The van der Waals surface area contributed by atoms with Crippen molar-refractivity contribution in [2.45, 2.75) is 93.9 Å². The van der Waals surface area contributed by atoms with Crippen LogP contribution in [0.3, 0.4) is 0 Å². The van der Waals surface area contributed by atoms with E-state index in [9.17, 15) is 46.0 Å². The van der Waals surface area contributed by atoms with Crippen molar-refractivity contribution in [3.63, 3.8) is 0 Å². The number of aliphatic hydroxyl groups is 9. The van der Waals surface area contributed by atoms with Crippen LogP contribution in [0.2, 0.25) is 0 Å². The van der Waals surface area contributed by atoms with Crippen molar-refractivity contribution in [1.29, 1.82) is 0 Å². The summed E-state index contributed by atoms with van der Waals surface area (Å²) in [4.78, 5) is 0. The van der Waals surface area contributed by atoms with Crippen LogP contribution in [0.1, 0.15) is 40.9 Å². The first-order valence-electron chi connectivity index (χ1n) is 14.5. The highest BCUT2D eigenvalue weighted by atomic mass is 16.7. The number of rotatable bonds is 8. The summed E-state index contributed by atoms with van der Waals surface area (Å²) in [6.45, 7) is 1.77. The molecule has 0 spiro atoms. The topological polar surface area (TPSA) is 237 Å². The second kappa shape index (κ2) is 13.5. The third kappa shape index (κ3) is 6.18. The van der Waals surface area contributed by atoms with Gasteiger partial charge >= 0.3 is 0 Å². The van der Waals surface area contributed by atoms with Crippen LogP contribution in [0.5, 0.6) is 23.0 Å². The van der Waals surface area contributed by atoms with Gasteiger partial charge in [-0.25, -0.2) is 0 Å². The molecule has 9 N–H and O–H groups in total. The second-order valence-corrected chi connectivity index (χ2v) is 11.4. The fraction of sp³-hybridized carbons (Fsp3) is 0.600. The zero-order valence-electron chi connectivity index (χ0n) is 24.8. The van der Waals surface area contributed by atoms with Gasteiger partial charge in [0, 0.05) is 17.5 Å². The molecule has 0 aliphatic carbocycles. The van der Waals surface area contributed by atoms with E-state index in [1.807, 2.05) is 0 Å². The summed E-state index contributed by atoms with van der Waals surface area (Å²) in [6, 6.07) is 7.04. The lowest BCUT2D eigenvalue weighted by Crippen LogP contribution is -2.60. The van der Waals surface area contributed by atoms with Gasteiger partial charge in [-0.3, -0.25) is 0 Å². The van der Waals surface area contributed by atoms with E-state index < -0.39 is 86.8 Å². The molecule has 5 rings (SSSR count). The van der Waals surface area contributed by atoms with Gasteiger partial charge in [-0.05, 0) is 31.5 Å². The molecule has 0 radical (unpaired) electrons. The molecule has 2 saturated heterocycles. The highest BCUT2D eigenvalue weighted by Gasteiger charge is 2.48. The molecule has 15 heteroatoms. The van der Waals surface area contributed by atoms with Crippen molar-refractivity contribution < 1.29 is 74.4 Å². The number of methoxy groups -OCH3 is 1. The lowest BCUT2D eigenvalue weighted by molar-refractivity contribution is -0.279. The van der Waals surface area contributed by atoms with Gasteiger partial charge < -0.3 is 74.4 Å².